The summed E-state index contributed by atoms with van der Waals surface area (Å²) < 4.78 is 94.7. The van der Waals surface area contributed by atoms with E-state index in [2.05, 4.69) is 5.32 Å². The predicted molar refractivity (Wildman–Crippen MR) is 115 cm³/mol. The Morgan fingerprint density at radius 3 is 2.29 bits per heavy atom. The normalized spacial score (nSPS) is 15.7. The summed E-state index contributed by atoms with van der Waals surface area (Å²) in [5.74, 6) is -5.55. The second-order valence-corrected chi connectivity index (χ2v) is 9.68. The highest BCUT2D eigenvalue weighted by Crippen LogP contribution is 2.38. The van der Waals surface area contributed by atoms with E-state index in [4.69, 9.17) is 4.18 Å². The number of para-hydroxylation sites is 1. The van der Waals surface area contributed by atoms with Gasteiger partial charge in [-0.1, -0.05) is 31.2 Å². The van der Waals surface area contributed by atoms with Gasteiger partial charge in [-0.2, -0.15) is 21.6 Å². The maximum Gasteiger partial charge on any atom is 0.471 e. The summed E-state index contributed by atoms with van der Waals surface area (Å²) in [6.45, 7) is 1.61. The lowest BCUT2D eigenvalue weighted by Crippen LogP contribution is -2.53. The molecular weight excluding hydrogens is 499 g/mol. The fraction of sp³-hybridized carbons (Fsp3) is 0.364. The van der Waals surface area contributed by atoms with Crippen molar-refractivity contribution in [2.24, 2.45) is 0 Å². The van der Waals surface area contributed by atoms with Gasteiger partial charge in [0.05, 0.1) is 12.3 Å². The molecule has 0 spiro atoms. The fourth-order valence-corrected chi connectivity index (χ4v) is 3.94. The van der Waals surface area contributed by atoms with Crippen LogP contribution in [-0.4, -0.2) is 38.2 Å². The quantitative estimate of drug-likeness (QED) is 0.408. The number of hydrogen-bond acceptors (Lipinski definition) is 5. The van der Waals surface area contributed by atoms with Gasteiger partial charge in [0.1, 0.15) is 11.4 Å². The Bertz CT molecular complexity index is 1260. The number of benzene rings is 2. The van der Waals surface area contributed by atoms with E-state index < -0.39 is 57.1 Å². The summed E-state index contributed by atoms with van der Waals surface area (Å²) in [7, 11) is -4.09. The molecule has 3 rings (SSSR count). The highest BCUT2D eigenvalue weighted by Gasteiger charge is 2.55. The number of rotatable bonds is 8. The topological polar surface area (TPSA) is 102 Å². The van der Waals surface area contributed by atoms with Crippen molar-refractivity contribution in [2.45, 2.75) is 43.9 Å². The van der Waals surface area contributed by atoms with Crippen LogP contribution in [0.4, 0.5) is 22.0 Å². The fourth-order valence-electron chi connectivity index (χ4n) is 3.47. The van der Waals surface area contributed by atoms with Gasteiger partial charge >= 0.3 is 22.2 Å². The first-order valence-corrected chi connectivity index (χ1v) is 12.2. The molecule has 0 radical (unpaired) electrons. The smallest absolute Gasteiger partial charge is 0.379 e. The molecule has 0 bridgehead atoms. The molecule has 1 aliphatic rings. The molecule has 0 unspecified atom stereocenters. The van der Waals surface area contributed by atoms with Crippen LogP contribution in [0.1, 0.15) is 37.8 Å². The zero-order valence-electron chi connectivity index (χ0n) is 18.5. The maximum absolute atomic E-state index is 15.0. The minimum Gasteiger partial charge on any atom is -0.379 e. The highest BCUT2D eigenvalue weighted by molar-refractivity contribution is 7.86. The first kappa shape index (κ1) is 26.4. The van der Waals surface area contributed by atoms with Crippen LogP contribution in [0.15, 0.2) is 36.4 Å². The summed E-state index contributed by atoms with van der Waals surface area (Å²) in [6, 6.07) is 6.27. The molecule has 1 saturated carbocycles. The Labute approximate surface area is 197 Å². The molecule has 2 amide bonds. The zero-order chi connectivity index (χ0) is 26.2. The van der Waals surface area contributed by atoms with Gasteiger partial charge in [0.25, 0.3) is 0 Å². The van der Waals surface area contributed by atoms with Gasteiger partial charge in [-0.25, -0.2) is 8.78 Å². The third-order valence-corrected chi connectivity index (χ3v) is 5.87. The van der Waals surface area contributed by atoms with Crippen molar-refractivity contribution in [3.05, 3.63) is 53.6 Å². The van der Waals surface area contributed by atoms with Gasteiger partial charge in [-0.15, -0.1) is 0 Å². The standard InChI is InChI=1S/C22H21F5N2O5S/c1-3-17(28-19(30)21(9-10-21)29-20(31)22(25,26)27)14-8-7-12(11-16(14)24)13-5-4-6-15(23)18(13)34-35(2,32)33/h4-8,11,17H,3,9-10H2,1-2H3,(H,28,30)(H,29,31)/t17-/m1/s1. The van der Waals surface area contributed by atoms with E-state index in [0.29, 0.717) is 0 Å². The average Bonchev–Trinajstić information content (AvgIpc) is 3.52. The van der Waals surface area contributed by atoms with E-state index in [-0.39, 0.29) is 36.0 Å². The Kier molecular flexibility index (Phi) is 7.12. The molecule has 0 aliphatic heterocycles. The van der Waals surface area contributed by atoms with Crippen LogP contribution in [0, 0.1) is 11.6 Å². The SMILES string of the molecule is CC[C@@H](NC(=O)C1(NC(=O)C(F)(F)F)CC1)c1ccc(-c2cccc(F)c2OS(C)(=O)=O)cc1F. The Morgan fingerprint density at radius 1 is 1.11 bits per heavy atom. The lowest BCUT2D eigenvalue weighted by atomic mass is 9.97. The summed E-state index contributed by atoms with van der Waals surface area (Å²) >= 11 is 0. The number of alkyl halides is 3. The van der Waals surface area contributed by atoms with Crippen LogP contribution in [0.25, 0.3) is 11.1 Å². The van der Waals surface area contributed by atoms with Crippen LogP contribution >= 0.6 is 0 Å². The Morgan fingerprint density at radius 2 is 1.77 bits per heavy atom. The highest BCUT2D eigenvalue weighted by atomic mass is 32.2. The van der Waals surface area contributed by atoms with Gasteiger partial charge in [-0.05, 0) is 37.0 Å². The van der Waals surface area contributed by atoms with Gasteiger partial charge in [0.2, 0.25) is 5.91 Å². The lowest BCUT2D eigenvalue weighted by Gasteiger charge is -2.23. The van der Waals surface area contributed by atoms with Gasteiger partial charge in [0.15, 0.2) is 11.6 Å². The molecular formula is C22H21F5N2O5S. The second-order valence-electron chi connectivity index (χ2n) is 8.11. The van der Waals surface area contributed by atoms with Crippen LogP contribution in [0.3, 0.4) is 0 Å². The molecule has 1 aliphatic carbocycles. The number of amides is 2. The number of halogens is 5. The molecule has 7 nitrogen and oxygen atoms in total. The van der Waals surface area contributed by atoms with Crippen molar-refractivity contribution in [3.8, 4) is 16.9 Å². The Balaban J connectivity index is 1.85. The van der Waals surface area contributed by atoms with Crippen molar-refractivity contribution >= 4 is 21.9 Å². The third kappa shape index (κ3) is 6.08. The molecule has 1 fully saturated rings. The van der Waals surface area contributed by atoms with Crippen LogP contribution in [0.2, 0.25) is 0 Å². The lowest BCUT2D eigenvalue weighted by molar-refractivity contribution is -0.175. The number of carbonyl (C=O) groups excluding carboxylic acids is 2. The minimum absolute atomic E-state index is 0.00118. The van der Waals surface area contributed by atoms with Crippen molar-refractivity contribution in [3.63, 3.8) is 0 Å². The van der Waals surface area contributed by atoms with E-state index in [1.165, 1.54) is 24.3 Å². The molecule has 190 valence electrons. The molecule has 2 aromatic carbocycles. The molecule has 13 heteroatoms. The molecule has 0 aromatic heterocycles. The van der Waals surface area contributed by atoms with Crippen LogP contribution < -0.4 is 14.8 Å². The molecule has 0 heterocycles. The molecule has 2 aromatic rings. The number of hydrogen-bond donors (Lipinski definition) is 2. The van der Waals surface area contributed by atoms with Crippen LogP contribution in [0.5, 0.6) is 5.75 Å². The van der Waals surface area contributed by atoms with E-state index in [0.717, 1.165) is 18.4 Å². The minimum atomic E-state index is -5.15. The van der Waals surface area contributed by atoms with Crippen molar-refractivity contribution in [1.82, 2.24) is 10.6 Å². The van der Waals surface area contributed by atoms with Crippen LogP contribution in [-0.2, 0) is 19.7 Å². The maximum atomic E-state index is 15.0. The van der Waals surface area contributed by atoms with Crippen molar-refractivity contribution in [1.29, 1.82) is 0 Å². The molecule has 1 atom stereocenters. The zero-order valence-corrected chi connectivity index (χ0v) is 19.3. The first-order valence-electron chi connectivity index (χ1n) is 10.3. The van der Waals surface area contributed by atoms with Crippen molar-refractivity contribution < 1.29 is 44.1 Å². The molecule has 0 saturated heterocycles. The van der Waals surface area contributed by atoms with Gasteiger partial charge < -0.3 is 14.8 Å². The largest absolute Gasteiger partial charge is 0.471 e. The Hall–Kier alpha value is -3.22. The van der Waals surface area contributed by atoms with Crippen molar-refractivity contribution in [2.75, 3.05) is 6.26 Å². The molecule has 35 heavy (non-hydrogen) atoms. The average molecular weight is 520 g/mol. The molecule has 2 N–H and O–H groups in total. The summed E-state index contributed by atoms with van der Waals surface area (Å²) in [6.07, 6.45) is -4.26. The summed E-state index contributed by atoms with van der Waals surface area (Å²) in [5, 5.41) is 4.16. The van der Waals surface area contributed by atoms with E-state index in [9.17, 15) is 35.6 Å². The van der Waals surface area contributed by atoms with E-state index >= 15 is 4.39 Å². The monoisotopic (exact) mass is 520 g/mol. The predicted octanol–water partition coefficient (Wildman–Crippen LogP) is 3.75. The third-order valence-electron chi connectivity index (χ3n) is 5.40. The van der Waals surface area contributed by atoms with E-state index in [1.807, 2.05) is 0 Å². The summed E-state index contributed by atoms with van der Waals surface area (Å²) in [4.78, 5) is 23.9. The summed E-state index contributed by atoms with van der Waals surface area (Å²) in [5.41, 5.74) is -1.67. The first-order chi connectivity index (χ1) is 16.2. The number of carbonyl (C=O) groups is 2. The number of nitrogens with one attached hydrogen (secondary N) is 2. The van der Waals surface area contributed by atoms with E-state index in [1.54, 1.807) is 12.2 Å². The van der Waals surface area contributed by atoms with Gasteiger partial charge in [-0.3, -0.25) is 9.59 Å². The van der Waals surface area contributed by atoms with Gasteiger partial charge in [0, 0.05) is 11.1 Å². The second kappa shape index (κ2) is 9.44.